The molecule has 0 aliphatic carbocycles. The summed E-state index contributed by atoms with van der Waals surface area (Å²) in [4.78, 5) is 4.34. The van der Waals surface area contributed by atoms with Crippen LogP contribution in [-0.4, -0.2) is 9.55 Å². The summed E-state index contributed by atoms with van der Waals surface area (Å²) in [6.07, 6.45) is 3.51. The Morgan fingerprint density at radius 3 is 2.58 bits per heavy atom. The number of benzene rings is 2. The Bertz CT molecular complexity index is 804. The summed E-state index contributed by atoms with van der Waals surface area (Å²) in [5.41, 5.74) is 1.30. The highest BCUT2D eigenvalue weighted by Crippen LogP contribution is 2.22. The molecule has 0 fully saturated rings. The van der Waals surface area contributed by atoms with E-state index in [-0.39, 0.29) is 30.1 Å². The van der Waals surface area contributed by atoms with Gasteiger partial charge in [-0.1, -0.05) is 30.3 Å². The largest absolute Gasteiger partial charge is 0.336 e. The van der Waals surface area contributed by atoms with Gasteiger partial charge in [-0.15, -0.1) is 12.4 Å². The van der Waals surface area contributed by atoms with E-state index in [0.29, 0.717) is 12.1 Å². The first-order valence-corrected chi connectivity index (χ1v) is 7.34. The predicted molar refractivity (Wildman–Crippen MR) is 91.9 cm³/mol. The van der Waals surface area contributed by atoms with Gasteiger partial charge in [0.1, 0.15) is 17.5 Å². The number of nitrogens with zero attached hydrogens (tertiary/aromatic N) is 2. The van der Waals surface area contributed by atoms with Crippen LogP contribution in [0.2, 0.25) is 0 Å². The fourth-order valence-corrected chi connectivity index (χ4v) is 2.55. The van der Waals surface area contributed by atoms with Crippen molar-refractivity contribution >= 4 is 12.4 Å². The van der Waals surface area contributed by atoms with Crippen LogP contribution in [0, 0.1) is 11.6 Å². The van der Waals surface area contributed by atoms with Crippen molar-refractivity contribution in [1.82, 2.24) is 14.9 Å². The molecular weight excluding hydrogens is 332 g/mol. The SMILES string of the molecule is Cl.Cn1ccnc1C(NCc1ccccc1F)c1cccc(F)c1. The number of imidazole rings is 1. The molecule has 2 aromatic carbocycles. The van der Waals surface area contributed by atoms with Gasteiger partial charge in [0.15, 0.2) is 0 Å². The van der Waals surface area contributed by atoms with Gasteiger partial charge in [0.25, 0.3) is 0 Å². The van der Waals surface area contributed by atoms with Crippen molar-refractivity contribution in [2.75, 3.05) is 0 Å². The van der Waals surface area contributed by atoms with Gasteiger partial charge in [-0.2, -0.15) is 0 Å². The predicted octanol–water partition coefficient (Wildman–Crippen LogP) is 4.00. The van der Waals surface area contributed by atoms with Crippen LogP contribution in [-0.2, 0) is 13.6 Å². The molecule has 1 N–H and O–H groups in total. The number of aryl methyl sites for hydroxylation is 1. The molecule has 0 saturated heterocycles. The number of hydrogen-bond donors (Lipinski definition) is 1. The molecule has 0 saturated carbocycles. The first kappa shape index (κ1) is 18.1. The molecule has 3 aromatic rings. The third-order valence-corrected chi connectivity index (χ3v) is 3.75. The smallest absolute Gasteiger partial charge is 0.130 e. The Kier molecular flexibility index (Phi) is 6.06. The minimum absolute atomic E-state index is 0. The van der Waals surface area contributed by atoms with Crippen molar-refractivity contribution in [3.05, 3.63) is 89.5 Å². The van der Waals surface area contributed by atoms with Gasteiger partial charge >= 0.3 is 0 Å². The summed E-state index contributed by atoms with van der Waals surface area (Å²) in [5.74, 6) is 0.166. The number of halogens is 3. The first-order chi connectivity index (χ1) is 11.1. The first-order valence-electron chi connectivity index (χ1n) is 7.34. The normalized spacial score (nSPS) is 11.8. The van der Waals surface area contributed by atoms with Gasteiger partial charge < -0.3 is 4.57 Å². The maximum atomic E-state index is 13.8. The highest BCUT2D eigenvalue weighted by atomic mass is 35.5. The second kappa shape index (κ2) is 8.04. The minimum atomic E-state index is -0.328. The van der Waals surface area contributed by atoms with Gasteiger partial charge in [-0.25, -0.2) is 13.8 Å². The fourth-order valence-electron chi connectivity index (χ4n) is 2.55. The second-order valence-electron chi connectivity index (χ2n) is 5.36. The van der Waals surface area contributed by atoms with Gasteiger partial charge in [-0.3, -0.25) is 5.32 Å². The summed E-state index contributed by atoms with van der Waals surface area (Å²) in [6, 6.07) is 12.6. The molecule has 3 rings (SSSR count). The van der Waals surface area contributed by atoms with E-state index in [0.717, 1.165) is 11.4 Å². The second-order valence-corrected chi connectivity index (χ2v) is 5.36. The Balaban J connectivity index is 0.00000208. The van der Waals surface area contributed by atoms with Gasteiger partial charge in [-0.05, 0) is 23.8 Å². The lowest BCUT2D eigenvalue weighted by atomic mass is 10.1. The Morgan fingerprint density at radius 1 is 1.12 bits per heavy atom. The quantitative estimate of drug-likeness (QED) is 0.754. The maximum absolute atomic E-state index is 13.8. The molecule has 0 aliphatic heterocycles. The van der Waals surface area contributed by atoms with Crippen LogP contribution in [0.3, 0.4) is 0 Å². The van der Waals surface area contributed by atoms with Crippen molar-refractivity contribution in [2.24, 2.45) is 7.05 Å². The van der Waals surface area contributed by atoms with Crippen LogP contribution in [0.15, 0.2) is 60.9 Å². The molecule has 3 nitrogen and oxygen atoms in total. The van der Waals surface area contributed by atoms with E-state index in [1.807, 2.05) is 23.9 Å². The molecule has 0 aliphatic rings. The van der Waals surface area contributed by atoms with E-state index in [4.69, 9.17) is 0 Å². The zero-order valence-corrected chi connectivity index (χ0v) is 13.9. The fraction of sp³-hybridized carbons (Fsp3) is 0.167. The van der Waals surface area contributed by atoms with Crippen molar-refractivity contribution < 1.29 is 8.78 Å². The molecule has 0 radical (unpaired) electrons. The van der Waals surface area contributed by atoms with E-state index >= 15 is 0 Å². The van der Waals surface area contributed by atoms with Crippen LogP contribution >= 0.6 is 12.4 Å². The Labute approximate surface area is 145 Å². The molecule has 0 bridgehead atoms. The summed E-state index contributed by atoms with van der Waals surface area (Å²) in [6.45, 7) is 0.320. The van der Waals surface area contributed by atoms with E-state index < -0.39 is 0 Å². The average Bonchev–Trinajstić information content (AvgIpc) is 2.95. The van der Waals surface area contributed by atoms with Crippen LogP contribution in [0.1, 0.15) is 23.0 Å². The van der Waals surface area contributed by atoms with Crippen LogP contribution in [0.5, 0.6) is 0 Å². The van der Waals surface area contributed by atoms with Gasteiger partial charge in [0.05, 0.1) is 6.04 Å². The molecule has 126 valence electrons. The number of hydrogen-bond acceptors (Lipinski definition) is 2. The Morgan fingerprint density at radius 2 is 1.92 bits per heavy atom. The van der Waals surface area contributed by atoms with E-state index in [1.54, 1.807) is 30.5 Å². The summed E-state index contributed by atoms with van der Waals surface area (Å²) in [5, 5.41) is 3.27. The van der Waals surface area contributed by atoms with Gasteiger partial charge in [0, 0.05) is 31.5 Å². The molecule has 24 heavy (non-hydrogen) atoms. The molecule has 6 heteroatoms. The molecule has 1 heterocycles. The van der Waals surface area contributed by atoms with Crippen LogP contribution in [0.25, 0.3) is 0 Å². The van der Waals surface area contributed by atoms with Crippen molar-refractivity contribution in [1.29, 1.82) is 0 Å². The van der Waals surface area contributed by atoms with E-state index in [2.05, 4.69) is 10.3 Å². The lowest BCUT2D eigenvalue weighted by Gasteiger charge is -2.19. The highest BCUT2D eigenvalue weighted by Gasteiger charge is 2.18. The summed E-state index contributed by atoms with van der Waals surface area (Å²) < 4.78 is 29.3. The minimum Gasteiger partial charge on any atom is -0.336 e. The van der Waals surface area contributed by atoms with Crippen LogP contribution in [0.4, 0.5) is 8.78 Å². The number of nitrogens with one attached hydrogen (secondary N) is 1. The number of aromatic nitrogens is 2. The van der Waals surface area contributed by atoms with Gasteiger partial charge in [0.2, 0.25) is 0 Å². The molecule has 1 unspecified atom stereocenters. The summed E-state index contributed by atoms with van der Waals surface area (Å²) in [7, 11) is 1.87. The molecule has 0 spiro atoms. The maximum Gasteiger partial charge on any atom is 0.130 e. The number of rotatable bonds is 5. The standard InChI is InChI=1S/C18H17F2N3.ClH/c1-23-10-9-21-18(23)17(13-6-4-7-15(19)11-13)22-12-14-5-2-3-8-16(14)20;/h2-11,17,22H,12H2,1H3;1H. The van der Waals surface area contributed by atoms with Crippen molar-refractivity contribution in [3.63, 3.8) is 0 Å². The topological polar surface area (TPSA) is 29.9 Å². The Hall–Kier alpha value is -2.24. The zero-order chi connectivity index (χ0) is 16.2. The van der Waals surface area contributed by atoms with E-state index in [1.165, 1.54) is 18.2 Å². The molecule has 1 atom stereocenters. The lowest BCUT2D eigenvalue weighted by Crippen LogP contribution is -2.25. The van der Waals surface area contributed by atoms with Crippen molar-refractivity contribution in [3.8, 4) is 0 Å². The third kappa shape index (κ3) is 3.99. The average molecular weight is 350 g/mol. The van der Waals surface area contributed by atoms with Crippen molar-refractivity contribution in [2.45, 2.75) is 12.6 Å². The molecule has 0 amide bonds. The third-order valence-electron chi connectivity index (χ3n) is 3.75. The van der Waals surface area contributed by atoms with Crippen LogP contribution < -0.4 is 5.32 Å². The molecular formula is C18H18ClF2N3. The zero-order valence-electron chi connectivity index (χ0n) is 13.1. The highest BCUT2D eigenvalue weighted by molar-refractivity contribution is 5.85. The monoisotopic (exact) mass is 349 g/mol. The molecule has 1 aromatic heterocycles. The lowest BCUT2D eigenvalue weighted by molar-refractivity contribution is 0.531. The summed E-state index contributed by atoms with van der Waals surface area (Å²) >= 11 is 0. The van der Waals surface area contributed by atoms with E-state index in [9.17, 15) is 8.78 Å².